The van der Waals surface area contributed by atoms with Crippen LogP contribution in [0.3, 0.4) is 0 Å². The lowest BCUT2D eigenvalue weighted by atomic mass is 9.96. The Hall–Kier alpha value is -3.56. The Kier molecular flexibility index (Phi) is 14.9. The maximum absolute atomic E-state index is 11.6. The summed E-state index contributed by atoms with van der Waals surface area (Å²) in [6, 6.07) is 38.8. The van der Waals surface area contributed by atoms with E-state index in [1.54, 1.807) is 0 Å². The van der Waals surface area contributed by atoms with Crippen LogP contribution in [-0.4, -0.2) is 99.1 Å². The number of aliphatic hydroxyl groups excluding tert-OH is 2. The first kappa shape index (κ1) is 39.1. The third-order valence-corrected chi connectivity index (χ3v) is 9.42. The molecule has 2 N–H and O–H groups in total. The molecule has 284 valence electrons. The maximum Gasteiger partial charge on any atom is 0.187 e. The third-order valence-electron chi connectivity index (χ3n) is 9.42. The van der Waals surface area contributed by atoms with E-state index in [1.807, 2.05) is 121 Å². The van der Waals surface area contributed by atoms with Gasteiger partial charge in [0.2, 0.25) is 0 Å². The average Bonchev–Trinajstić information content (AvgIpc) is 3.20. The van der Waals surface area contributed by atoms with Crippen molar-refractivity contribution in [3.63, 3.8) is 0 Å². The molecule has 0 saturated carbocycles. The molecule has 10 atom stereocenters. The van der Waals surface area contributed by atoms with Gasteiger partial charge in [-0.25, -0.2) is 0 Å². The van der Waals surface area contributed by atoms with Crippen molar-refractivity contribution >= 4 is 0 Å². The summed E-state index contributed by atoms with van der Waals surface area (Å²) >= 11 is 0. The van der Waals surface area contributed by atoms with Crippen molar-refractivity contribution in [3.05, 3.63) is 144 Å². The van der Waals surface area contributed by atoms with E-state index in [0.717, 1.165) is 22.3 Å². The second-order valence-corrected chi connectivity index (χ2v) is 13.1. The number of benzene rings is 4. The van der Waals surface area contributed by atoms with E-state index in [9.17, 15) is 10.2 Å². The van der Waals surface area contributed by atoms with Crippen LogP contribution < -0.4 is 0 Å². The lowest BCUT2D eigenvalue weighted by Gasteiger charge is -2.48. The number of aliphatic hydroxyl groups is 2. The van der Waals surface area contributed by atoms with Gasteiger partial charge in [-0.1, -0.05) is 121 Å². The summed E-state index contributed by atoms with van der Waals surface area (Å²) in [5, 5.41) is 22.9. The predicted molar refractivity (Wildman–Crippen MR) is 194 cm³/mol. The van der Waals surface area contributed by atoms with Crippen LogP contribution in [0.15, 0.2) is 121 Å². The SMILES string of the molecule is CO[C@@H]1[C@H](OCc2ccccc2)[C@@H](O)O[C@H](COCc2ccccc2)[C@H]1O[C@H]1O[C@H](COCc2ccccc2)[C@@H](O)[C@H](OC)[C@@H]1OCc1ccccc1. The minimum atomic E-state index is -1.35. The Labute approximate surface area is 311 Å². The monoisotopic (exact) mass is 730 g/mol. The maximum atomic E-state index is 11.6. The summed E-state index contributed by atoms with van der Waals surface area (Å²) in [4.78, 5) is 0. The quantitative estimate of drug-likeness (QED) is 0.147. The van der Waals surface area contributed by atoms with Gasteiger partial charge >= 0.3 is 0 Å². The average molecular weight is 731 g/mol. The molecule has 0 bridgehead atoms. The van der Waals surface area contributed by atoms with Gasteiger partial charge in [-0.05, 0) is 22.3 Å². The molecule has 0 radical (unpaired) electrons. The Morgan fingerprint density at radius 2 is 0.906 bits per heavy atom. The Morgan fingerprint density at radius 3 is 1.38 bits per heavy atom. The molecule has 0 spiro atoms. The molecule has 2 aliphatic heterocycles. The van der Waals surface area contributed by atoms with Crippen molar-refractivity contribution in [2.24, 2.45) is 0 Å². The molecule has 11 heteroatoms. The van der Waals surface area contributed by atoms with E-state index >= 15 is 0 Å². The first-order valence-corrected chi connectivity index (χ1v) is 18.0. The molecule has 2 saturated heterocycles. The molecule has 2 aliphatic rings. The van der Waals surface area contributed by atoms with Crippen LogP contribution >= 0.6 is 0 Å². The van der Waals surface area contributed by atoms with Crippen LogP contribution in [0.2, 0.25) is 0 Å². The van der Waals surface area contributed by atoms with Gasteiger partial charge in [-0.2, -0.15) is 0 Å². The van der Waals surface area contributed by atoms with Gasteiger partial charge < -0.3 is 52.8 Å². The number of rotatable bonds is 18. The number of hydrogen-bond acceptors (Lipinski definition) is 11. The van der Waals surface area contributed by atoms with Crippen LogP contribution in [-0.2, 0) is 69.1 Å². The first-order valence-electron chi connectivity index (χ1n) is 18.0. The van der Waals surface area contributed by atoms with Crippen molar-refractivity contribution in [1.82, 2.24) is 0 Å². The van der Waals surface area contributed by atoms with Gasteiger partial charge in [0.1, 0.15) is 48.8 Å². The van der Waals surface area contributed by atoms with E-state index in [0.29, 0.717) is 13.2 Å². The zero-order valence-corrected chi connectivity index (χ0v) is 30.1. The zero-order valence-electron chi connectivity index (χ0n) is 30.1. The predicted octanol–water partition coefficient (Wildman–Crippen LogP) is 4.81. The largest absolute Gasteiger partial charge is 0.387 e. The molecule has 4 aromatic rings. The normalized spacial score (nSPS) is 28.8. The molecule has 6 rings (SSSR count). The van der Waals surface area contributed by atoms with Crippen LogP contribution in [0.25, 0.3) is 0 Å². The van der Waals surface area contributed by atoms with Gasteiger partial charge in [-0.15, -0.1) is 0 Å². The minimum absolute atomic E-state index is 0.0567. The summed E-state index contributed by atoms with van der Waals surface area (Å²) in [7, 11) is 3.05. The third kappa shape index (κ3) is 10.8. The van der Waals surface area contributed by atoms with Gasteiger partial charge in [0.05, 0.1) is 39.6 Å². The second-order valence-electron chi connectivity index (χ2n) is 13.1. The molecule has 11 nitrogen and oxygen atoms in total. The molecule has 4 aromatic carbocycles. The van der Waals surface area contributed by atoms with Crippen LogP contribution in [0, 0.1) is 0 Å². The van der Waals surface area contributed by atoms with Crippen molar-refractivity contribution < 1.29 is 52.8 Å². The highest BCUT2D eigenvalue weighted by atomic mass is 16.7. The number of ether oxygens (including phenoxy) is 9. The Morgan fingerprint density at radius 1 is 0.472 bits per heavy atom. The van der Waals surface area contributed by atoms with Gasteiger partial charge in [-0.3, -0.25) is 0 Å². The molecule has 0 amide bonds. The topological polar surface area (TPSA) is 124 Å². The second kappa shape index (κ2) is 20.2. The summed E-state index contributed by atoms with van der Waals surface area (Å²) in [6.45, 7) is 1.17. The van der Waals surface area contributed by atoms with Crippen LogP contribution in [0.4, 0.5) is 0 Å². The molecular formula is C42H50O11. The summed E-state index contributed by atoms with van der Waals surface area (Å²) < 4.78 is 56.3. The zero-order chi connectivity index (χ0) is 36.8. The van der Waals surface area contributed by atoms with E-state index in [1.165, 1.54) is 14.2 Å². The Balaban J connectivity index is 1.25. The molecule has 0 aromatic heterocycles. The fourth-order valence-corrected chi connectivity index (χ4v) is 6.65. The number of methoxy groups -OCH3 is 2. The van der Waals surface area contributed by atoms with Gasteiger partial charge in [0, 0.05) is 14.2 Å². The standard InChI is InChI=1S/C42H50O11/c1-45-37-35(43)33(27-47-23-29-15-7-3-8-16-29)52-42(40(37)50-26-32-21-13-6-14-22-32)53-36-34(28-48-24-30-17-9-4-10-18-30)51-41(44)39(38(36)46-2)49-25-31-19-11-5-12-20-31/h3-22,33-44H,23-28H2,1-2H3/t33-,34-,35-,36-,37+,38+,39+,40+,41+,42-/m1/s1. The van der Waals surface area contributed by atoms with Gasteiger partial charge in [0.15, 0.2) is 12.6 Å². The fourth-order valence-electron chi connectivity index (χ4n) is 6.65. The Bertz CT molecular complexity index is 1580. The smallest absolute Gasteiger partial charge is 0.187 e. The molecule has 0 aliphatic carbocycles. The fraction of sp³-hybridized carbons (Fsp3) is 0.429. The summed E-state index contributed by atoms with van der Waals surface area (Å²) in [5.41, 5.74) is 3.80. The lowest BCUT2D eigenvalue weighted by molar-refractivity contribution is -0.368. The van der Waals surface area contributed by atoms with Crippen molar-refractivity contribution in [2.45, 2.75) is 87.8 Å². The molecule has 2 fully saturated rings. The van der Waals surface area contributed by atoms with Crippen molar-refractivity contribution in [1.29, 1.82) is 0 Å². The highest BCUT2D eigenvalue weighted by molar-refractivity contribution is 5.16. The summed E-state index contributed by atoms with van der Waals surface area (Å²) in [6.07, 6.45) is -9.57. The van der Waals surface area contributed by atoms with E-state index in [4.69, 9.17) is 42.6 Å². The minimum Gasteiger partial charge on any atom is -0.387 e. The molecule has 0 unspecified atom stereocenters. The number of hydrogen-bond donors (Lipinski definition) is 2. The highest BCUT2D eigenvalue weighted by Gasteiger charge is 2.53. The van der Waals surface area contributed by atoms with E-state index in [-0.39, 0.29) is 26.4 Å². The van der Waals surface area contributed by atoms with E-state index < -0.39 is 61.4 Å². The molecule has 53 heavy (non-hydrogen) atoms. The van der Waals surface area contributed by atoms with Crippen molar-refractivity contribution in [2.75, 3.05) is 27.4 Å². The lowest BCUT2D eigenvalue weighted by Crippen LogP contribution is -2.65. The summed E-state index contributed by atoms with van der Waals surface area (Å²) in [5.74, 6) is 0. The molecule has 2 heterocycles. The van der Waals surface area contributed by atoms with Crippen LogP contribution in [0.5, 0.6) is 0 Å². The van der Waals surface area contributed by atoms with E-state index in [2.05, 4.69) is 0 Å². The molecular weight excluding hydrogens is 680 g/mol. The first-order chi connectivity index (χ1) is 26.0. The van der Waals surface area contributed by atoms with Gasteiger partial charge in [0.25, 0.3) is 0 Å². The van der Waals surface area contributed by atoms with Crippen molar-refractivity contribution in [3.8, 4) is 0 Å². The highest BCUT2D eigenvalue weighted by Crippen LogP contribution is 2.34. The van der Waals surface area contributed by atoms with Crippen LogP contribution in [0.1, 0.15) is 22.3 Å².